The number of carbonyl (C=O) groups excluding carboxylic acids is 1. The summed E-state index contributed by atoms with van der Waals surface area (Å²) < 4.78 is 10.1. The molecule has 4 heteroatoms. The molecule has 0 aliphatic carbocycles. The van der Waals surface area contributed by atoms with Crippen molar-refractivity contribution in [1.29, 1.82) is 0 Å². The fraction of sp³-hybridized carbons (Fsp3) is 0.889. The predicted octanol–water partition coefficient (Wildman–Crippen LogP) is 0.318. The van der Waals surface area contributed by atoms with E-state index in [0.717, 1.165) is 19.3 Å². The van der Waals surface area contributed by atoms with Gasteiger partial charge in [0, 0.05) is 20.3 Å². The third-order valence-corrected chi connectivity index (χ3v) is 2.08. The van der Waals surface area contributed by atoms with Crippen molar-refractivity contribution in [3.05, 3.63) is 0 Å². The van der Waals surface area contributed by atoms with Gasteiger partial charge in [-0.05, 0) is 19.3 Å². The van der Waals surface area contributed by atoms with Gasteiger partial charge in [-0.1, -0.05) is 0 Å². The molecule has 4 nitrogen and oxygen atoms in total. The van der Waals surface area contributed by atoms with E-state index in [-0.39, 0.29) is 12.0 Å². The van der Waals surface area contributed by atoms with Gasteiger partial charge in [0.05, 0.1) is 6.61 Å². The number of hydrogen-bond acceptors (Lipinski definition) is 3. The zero-order valence-electron chi connectivity index (χ0n) is 8.04. The molecule has 0 aromatic rings. The van der Waals surface area contributed by atoms with E-state index in [4.69, 9.17) is 9.47 Å². The Morgan fingerprint density at radius 1 is 1.62 bits per heavy atom. The Hall–Kier alpha value is -0.610. The van der Waals surface area contributed by atoms with Crippen LogP contribution in [0.1, 0.15) is 19.3 Å². The number of ether oxygens (including phenoxy) is 2. The summed E-state index contributed by atoms with van der Waals surface area (Å²) in [6.07, 6.45) is 2.77. The van der Waals surface area contributed by atoms with Gasteiger partial charge in [0.15, 0.2) is 0 Å². The maximum atomic E-state index is 11.4. The zero-order chi connectivity index (χ0) is 9.52. The number of nitrogens with one attached hydrogen (secondary N) is 1. The number of methoxy groups -OCH3 is 1. The van der Waals surface area contributed by atoms with Crippen LogP contribution < -0.4 is 5.32 Å². The van der Waals surface area contributed by atoms with Gasteiger partial charge in [-0.15, -0.1) is 0 Å². The predicted molar refractivity (Wildman–Crippen MR) is 48.5 cm³/mol. The summed E-state index contributed by atoms with van der Waals surface area (Å²) >= 11 is 0. The molecule has 1 rings (SSSR count). The van der Waals surface area contributed by atoms with Crippen molar-refractivity contribution in [2.24, 2.45) is 0 Å². The van der Waals surface area contributed by atoms with Crippen LogP contribution in [0.4, 0.5) is 0 Å². The third kappa shape index (κ3) is 3.74. The lowest BCUT2D eigenvalue weighted by Crippen LogP contribution is -2.39. The molecule has 13 heavy (non-hydrogen) atoms. The van der Waals surface area contributed by atoms with E-state index in [2.05, 4.69) is 5.32 Å². The zero-order valence-corrected chi connectivity index (χ0v) is 8.04. The normalized spacial score (nSPS) is 22.7. The van der Waals surface area contributed by atoms with E-state index in [9.17, 15) is 4.79 Å². The molecule has 0 bridgehead atoms. The largest absolute Gasteiger partial charge is 0.383 e. The van der Waals surface area contributed by atoms with Crippen LogP contribution in [0.3, 0.4) is 0 Å². The molecule has 1 aliphatic heterocycles. The minimum atomic E-state index is -0.231. The lowest BCUT2D eigenvalue weighted by molar-refractivity contribution is -0.135. The van der Waals surface area contributed by atoms with E-state index < -0.39 is 0 Å². The molecule has 1 aliphatic rings. The summed E-state index contributed by atoms with van der Waals surface area (Å²) in [7, 11) is 1.61. The maximum Gasteiger partial charge on any atom is 0.249 e. The molecule has 0 saturated carbocycles. The Morgan fingerprint density at radius 2 is 2.46 bits per heavy atom. The first-order chi connectivity index (χ1) is 6.34. The Bertz CT molecular complexity index is 155. The fourth-order valence-electron chi connectivity index (χ4n) is 1.34. The summed E-state index contributed by atoms with van der Waals surface area (Å²) in [5.74, 6) is -0.00301. The van der Waals surface area contributed by atoms with Crippen LogP contribution in [0.25, 0.3) is 0 Å². The molecule has 1 fully saturated rings. The molecule has 0 aromatic carbocycles. The first-order valence-electron chi connectivity index (χ1n) is 4.73. The van der Waals surface area contributed by atoms with E-state index in [0.29, 0.717) is 19.8 Å². The Morgan fingerprint density at radius 3 is 3.08 bits per heavy atom. The van der Waals surface area contributed by atoms with Gasteiger partial charge in [-0.25, -0.2) is 0 Å². The summed E-state index contributed by atoms with van der Waals surface area (Å²) in [5.41, 5.74) is 0. The molecular weight excluding hydrogens is 170 g/mol. The van der Waals surface area contributed by atoms with E-state index in [1.807, 2.05) is 0 Å². The Balaban J connectivity index is 2.13. The van der Waals surface area contributed by atoms with Crippen LogP contribution in [0.15, 0.2) is 0 Å². The van der Waals surface area contributed by atoms with Crippen molar-refractivity contribution in [2.75, 3.05) is 26.9 Å². The second-order valence-electron chi connectivity index (χ2n) is 3.14. The lowest BCUT2D eigenvalue weighted by atomic mass is 10.1. The number of hydrogen-bond donors (Lipinski definition) is 1. The highest BCUT2D eigenvalue weighted by Gasteiger charge is 2.20. The van der Waals surface area contributed by atoms with E-state index in [1.54, 1.807) is 7.11 Å². The molecule has 1 saturated heterocycles. The molecule has 1 N–H and O–H groups in total. The quantitative estimate of drug-likeness (QED) is 0.645. The van der Waals surface area contributed by atoms with Crippen LogP contribution >= 0.6 is 0 Å². The lowest BCUT2D eigenvalue weighted by Gasteiger charge is -2.21. The van der Waals surface area contributed by atoms with Crippen molar-refractivity contribution in [3.8, 4) is 0 Å². The smallest absolute Gasteiger partial charge is 0.249 e. The van der Waals surface area contributed by atoms with Crippen molar-refractivity contribution < 1.29 is 14.3 Å². The first kappa shape index (κ1) is 10.5. The maximum absolute atomic E-state index is 11.4. The van der Waals surface area contributed by atoms with Crippen LogP contribution in [-0.4, -0.2) is 38.9 Å². The monoisotopic (exact) mass is 187 g/mol. The number of amides is 1. The first-order valence-corrected chi connectivity index (χ1v) is 4.73. The molecule has 1 heterocycles. The van der Waals surface area contributed by atoms with Crippen molar-refractivity contribution in [3.63, 3.8) is 0 Å². The average Bonchev–Trinajstić information content (AvgIpc) is 2.19. The van der Waals surface area contributed by atoms with Crippen LogP contribution in [0.2, 0.25) is 0 Å². The Kier molecular flexibility index (Phi) is 4.78. The van der Waals surface area contributed by atoms with Crippen molar-refractivity contribution in [2.45, 2.75) is 25.4 Å². The van der Waals surface area contributed by atoms with Gasteiger partial charge >= 0.3 is 0 Å². The molecule has 0 spiro atoms. The minimum Gasteiger partial charge on any atom is -0.383 e. The highest BCUT2D eigenvalue weighted by Crippen LogP contribution is 2.12. The summed E-state index contributed by atoms with van der Waals surface area (Å²) in [4.78, 5) is 11.4. The van der Waals surface area contributed by atoms with Crippen LogP contribution in [-0.2, 0) is 14.3 Å². The van der Waals surface area contributed by atoms with E-state index in [1.165, 1.54) is 0 Å². The number of rotatable bonds is 4. The van der Waals surface area contributed by atoms with Gasteiger partial charge in [0.2, 0.25) is 5.91 Å². The van der Waals surface area contributed by atoms with Crippen LogP contribution in [0.5, 0.6) is 0 Å². The second-order valence-corrected chi connectivity index (χ2v) is 3.14. The van der Waals surface area contributed by atoms with Gasteiger partial charge in [-0.2, -0.15) is 0 Å². The highest BCUT2D eigenvalue weighted by molar-refractivity contribution is 5.80. The Labute approximate surface area is 78.6 Å². The molecule has 0 aromatic heterocycles. The number of carbonyl (C=O) groups is 1. The molecule has 1 amide bonds. The summed E-state index contributed by atoms with van der Waals surface area (Å²) in [6, 6.07) is 0. The molecule has 1 unspecified atom stereocenters. The molecule has 0 radical (unpaired) electrons. The minimum absolute atomic E-state index is 0.00301. The SMILES string of the molecule is COCCNC(=O)C1CCCCO1. The second kappa shape index (κ2) is 5.94. The van der Waals surface area contributed by atoms with Crippen LogP contribution in [0, 0.1) is 0 Å². The van der Waals surface area contributed by atoms with Gasteiger partial charge < -0.3 is 14.8 Å². The molecule has 1 atom stereocenters. The highest BCUT2D eigenvalue weighted by atomic mass is 16.5. The fourth-order valence-corrected chi connectivity index (χ4v) is 1.34. The van der Waals surface area contributed by atoms with Crippen molar-refractivity contribution in [1.82, 2.24) is 5.32 Å². The third-order valence-electron chi connectivity index (χ3n) is 2.08. The standard InChI is InChI=1S/C9H17NO3/c1-12-7-5-10-9(11)8-4-2-3-6-13-8/h8H,2-7H2,1H3,(H,10,11). The van der Waals surface area contributed by atoms with Crippen molar-refractivity contribution >= 4 is 5.91 Å². The topological polar surface area (TPSA) is 47.6 Å². The molecular formula is C9H17NO3. The van der Waals surface area contributed by atoms with Gasteiger partial charge in [0.1, 0.15) is 6.10 Å². The average molecular weight is 187 g/mol. The molecule has 76 valence electrons. The summed E-state index contributed by atoms with van der Waals surface area (Å²) in [6.45, 7) is 1.83. The van der Waals surface area contributed by atoms with E-state index >= 15 is 0 Å². The van der Waals surface area contributed by atoms with Gasteiger partial charge in [-0.3, -0.25) is 4.79 Å². The van der Waals surface area contributed by atoms with Gasteiger partial charge in [0.25, 0.3) is 0 Å². The summed E-state index contributed by atoms with van der Waals surface area (Å²) in [5, 5.41) is 2.76.